The van der Waals surface area contributed by atoms with Crippen LogP contribution in [0.5, 0.6) is 0 Å². The topological polar surface area (TPSA) is 65.0 Å². The fourth-order valence-electron chi connectivity index (χ4n) is 2.17. The number of hydrogen-bond acceptors (Lipinski definition) is 5. The van der Waals surface area contributed by atoms with Gasteiger partial charge in [0, 0.05) is 0 Å². The smallest absolute Gasteiger partial charge is 0.337 e. The van der Waals surface area contributed by atoms with E-state index in [1.165, 1.54) is 7.11 Å². The highest BCUT2D eigenvalue weighted by Crippen LogP contribution is 2.10. The lowest BCUT2D eigenvalue weighted by Gasteiger charge is -2.21. The van der Waals surface area contributed by atoms with Gasteiger partial charge in [0.25, 0.3) is 0 Å². The number of esters is 1. The van der Waals surface area contributed by atoms with Crippen molar-refractivity contribution in [3.63, 3.8) is 0 Å². The summed E-state index contributed by atoms with van der Waals surface area (Å²) < 4.78 is 15.7. The third kappa shape index (κ3) is 5.77. The Hall–Kier alpha value is -2.21. The predicted octanol–water partition coefficient (Wildman–Crippen LogP) is 2.32. The van der Waals surface area contributed by atoms with E-state index >= 15 is 0 Å². The number of aliphatic hydroxyl groups excluding tert-OH is 1. The molecule has 0 saturated carbocycles. The molecule has 0 aliphatic carbocycles. The lowest BCUT2D eigenvalue weighted by Crippen LogP contribution is -2.40. The van der Waals surface area contributed by atoms with E-state index in [0.717, 1.165) is 11.1 Å². The Morgan fingerprint density at radius 2 is 1.50 bits per heavy atom. The molecule has 0 heterocycles. The summed E-state index contributed by atoms with van der Waals surface area (Å²) in [6.45, 7) is 0.532. The van der Waals surface area contributed by atoms with Crippen LogP contribution in [0.25, 0.3) is 0 Å². The molecule has 0 amide bonds. The van der Waals surface area contributed by atoms with Crippen LogP contribution < -0.4 is 0 Å². The number of carbonyl (C=O) groups excluding carboxylic acids is 1. The van der Waals surface area contributed by atoms with Gasteiger partial charge < -0.3 is 19.3 Å². The first kappa shape index (κ1) is 18.1. The molecule has 0 radical (unpaired) electrons. The zero-order valence-electron chi connectivity index (χ0n) is 13.6. The molecule has 0 aliphatic heterocycles. The Bertz CT molecular complexity index is 600. The van der Waals surface area contributed by atoms with Crippen molar-refractivity contribution in [3.8, 4) is 0 Å². The molecule has 0 spiro atoms. The Kier molecular flexibility index (Phi) is 7.42. The van der Waals surface area contributed by atoms with E-state index in [9.17, 15) is 9.90 Å². The maximum absolute atomic E-state index is 11.8. The first-order chi connectivity index (χ1) is 11.7. The monoisotopic (exact) mass is 330 g/mol. The van der Waals surface area contributed by atoms with Crippen molar-refractivity contribution in [1.29, 1.82) is 0 Å². The third-order valence-corrected chi connectivity index (χ3v) is 3.46. The summed E-state index contributed by atoms with van der Waals surface area (Å²) in [6, 6.07) is 19.0. The fraction of sp³-hybridized carbons (Fsp3) is 0.316. The van der Waals surface area contributed by atoms with Gasteiger partial charge in [-0.15, -0.1) is 0 Å². The van der Waals surface area contributed by atoms with Crippen LogP contribution in [0.15, 0.2) is 60.7 Å². The lowest BCUT2D eigenvalue weighted by atomic mass is 10.2. The number of methoxy groups -OCH3 is 1. The van der Waals surface area contributed by atoms with Crippen molar-refractivity contribution in [2.75, 3.05) is 13.7 Å². The average Bonchev–Trinajstić information content (AvgIpc) is 2.63. The van der Waals surface area contributed by atoms with Gasteiger partial charge in [0.15, 0.2) is 6.10 Å². The molecule has 0 fully saturated rings. The molecule has 0 bridgehead atoms. The molecule has 128 valence electrons. The highest BCUT2D eigenvalue weighted by molar-refractivity contribution is 5.75. The molecule has 2 aromatic rings. The third-order valence-electron chi connectivity index (χ3n) is 3.46. The van der Waals surface area contributed by atoms with Crippen molar-refractivity contribution < 1.29 is 24.1 Å². The molecular weight excluding hydrogens is 308 g/mol. The summed E-state index contributed by atoms with van der Waals surface area (Å²) in [4.78, 5) is 11.8. The average molecular weight is 330 g/mol. The van der Waals surface area contributed by atoms with Crippen molar-refractivity contribution in [1.82, 2.24) is 0 Å². The maximum Gasteiger partial charge on any atom is 0.337 e. The molecule has 0 aromatic heterocycles. The van der Waals surface area contributed by atoms with Crippen LogP contribution in [-0.2, 0) is 32.2 Å². The highest BCUT2D eigenvalue weighted by Gasteiger charge is 2.29. The van der Waals surface area contributed by atoms with E-state index < -0.39 is 18.2 Å². The van der Waals surface area contributed by atoms with Gasteiger partial charge in [0.2, 0.25) is 0 Å². The minimum Gasteiger partial charge on any atom is -0.467 e. The number of rotatable bonds is 9. The summed E-state index contributed by atoms with van der Waals surface area (Å²) in [5, 5.41) is 10.2. The van der Waals surface area contributed by atoms with Crippen molar-refractivity contribution in [2.45, 2.75) is 25.4 Å². The van der Waals surface area contributed by atoms with Crippen LogP contribution in [0.3, 0.4) is 0 Å². The molecule has 5 nitrogen and oxygen atoms in total. The van der Waals surface area contributed by atoms with E-state index in [1.54, 1.807) is 0 Å². The zero-order chi connectivity index (χ0) is 17.2. The van der Waals surface area contributed by atoms with Crippen LogP contribution in [0.1, 0.15) is 11.1 Å². The van der Waals surface area contributed by atoms with E-state index in [-0.39, 0.29) is 13.2 Å². The zero-order valence-corrected chi connectivity index (χ0v) is 13.6. The molecule has 2 rings (SSSR count). The Morgan fingerprint density at radius 3 is 2.04 bits per heavy atom. The molecule has 0 saturated heterocycles. The minimum atomic E-state index is -1.11. The molecule has 5 heteroatoms. The summed E-state index contributed by atoms with van der Waals surface area (Å²) in [5.41, 5.74) is 1.90. The van der Waals surface area contributed by atoms with Crippen molar-refractivity contribution in [3.05, 3.63) is 71.8 Å². The van der Waals surface area contributed by atoms with Crippen LogP contribution in [0.2, 0.25) is 0 Å². The number of hydrogen-bond donors (Lipinski definition) is 1. The van der Waals surface area contributed by atoms with Crippen LogP contribution >= 0.6 is 0 Å². The minimum absolute atomic E-state index is 0.0244. The number of aliphatic hydroxyl groups is 1. The van der Waals surface area contributed by atoms with Gasteiger partial charge in [-0.05, 0) is 11.1 Å². The van der Waals surface area contributed by atoms with Gasteiger partial charge >= 0.3 is 5.97 Å². The summed E-state index contributed by atoms with van der Waals surface area (Å²) in [7, 11) is 1.26. The van der Waals surface area contributed by atoms with Gasteiger partial charge in [-0.3, -0.25) is 0 Å². The van der Waals surface area contributed by atoms with E-state index in [1.807, 2.05) is 60.7 Å². The molecule has 24 heavy (non-hydrogen) atoms. The fourth-order valence-corrected chi connectivity index (χ4v) is 2.17. The first-order valence-electron chi connectivity index (χ1n) is 7.74. The molecule has 0 aliphatic rings. The first-order valence-corrected chi connectivity index (χ1v) is 7.74. The maximum atomic E-state index is 11.8. The van der Waals surface area contributed by atoms with Crippen LogP contribution in [0, 0.1) is 0 Å². The standard InChI is InChI=1S/C19H22O5/c1-22-19(21)18(24-13-16-10-6-3-7-11-16)17(20)14-23-12-15-8-4-2-5-9-15/h2-11,17-18,20H,12-14H2,1H3/t17-,18+/m1/s1. The second kappa shape index (κ2) is 9.82. The number of benzene rings is 2. The summed E-state index contributed by atoms with van der Waals surface area (Å²) in [6.07, 6.45) is -2.20. The summed E-state index contributed by atoms with van der Waals surface area (Å²) in [5.74, 6) is -0.623. The Morgan fingerprint density at radius 1 is 0.958 bits per heavy atom. The molecule has 2 atom stereocenters. The SMILES string of the molecule is COC(=O)[C@@H](OCc1ccccc1)[C@H](O)COCc1ccccc1. The Labute approximate surface area is 141 Å². The largest absolute Gasteiger partial charge is 0.467 e. The normalized spacial score (nSPS) is 13.2. The lowest BCUT2D eigenvalue weighted by molar-refractivity contribution is -0.167. The summed E-state index contributed by atoms with van der Waals surface area (Å²) >= 11 is 0. The Balaban J connectivity index is 1.85. The number of carbonyl (C=O) groups is 1. The molecule has 0 unspecified atom stereocenters. The van der Waals surface area contributed by atoms with E-state index in [0.29, 0.717) is 6.61 Å². The van der Waals surface area contributed by atoms with Crippen molar-refractivity contribution >= 4 is 5.97 Å². The van der Waals surface area contributed by atoms with Gasteiger partial charge in [-0.25, -0.2) is 4.79 Å². The van der Waals surface area contributed by atoms with Crippen molar-refractivity contribution in [2.24, 2.45) is 0 Å². The van der Waals surface area contributed by atoms with Gasteiger partial charge in [-0.2, -0.15) is 0 Å². The molecule has 2 aromatic carbocycles. The number of ether oxygens (including phenoxy) is 3. The molecular formula is C19H22O5. The van der Waals surface area contributed by atoms with Gasteiger partial charge in [0.1, 0.15) is 6.10 Å². The van der Waals surface area contributed by atoms with E-state index in [2.05, 4.69) is 0 Å². The molecule has 1 N–H and O–H groups in total. The van der Waals surface area contributed by atoms with E-state index in [4.69, 9.17) is 14.2 Å². The highest BCUT2D eigenvalue weighted by atomic mass is 16.6. The van der Waals surface area contributed by atoms with Crippen LogP contribution in [0.4, 0.5) is 0 Å². The van der Waals surface area contributed by atoms with Gasteiger partial charge in [0.05, 0.1) is 26.9 Å². The predicted molar refractivity (Wildman–Crippen MR) is 89.1 cm³/mol. The van der Waals surface area contributed by atoms with Gasteiger partial charge in [-0.1, -0.05) is 60.7 Å². The second-order valence-corrected chi connectivity index (χ2v) is 5.31. The quantitative estimate of drug-likeness (QED) is 0.715. The second-order valence-electron chi connectivity index (χ2n) is 5.31. The van der Waals surface area contributed by atoms with Crippen LogP contribution in [-0.4, -0.2) is 37.0 Å².